The summed E-state index contributed by atoms with van der Waals surface area (Å²) in [6.07, 6.45) is 3.43. The van der Waals surface area contributed by atoms with Crippen molar-refractivity contribution in [1.29, 1.82) is 0 Å². The second-order valence-corrected chi connectivity index (χ2v) is 8.10. The minimum absolute atomic E-state index is 0.235. The molecule has 1 aliphatic carbocycles. The summed E-state index contributed by atoms with van der Waals surface area (Å²) in [6.45, 7) is 4.52. The highest BCUT2D eigenvalue weighted by Crippen LogP contribution is 2.32. The minimum Gasteiger partial charge on any atom is -0.397 e. The molecule has 0 aliphatic heterocycles. The number of anilines is 2. The van der Waals surface area contributed by atoms with Gasteiger partial charge in [0, 0.05) is 6.04 Å². The Balaban J connectivity index is 2.21. The third-order valence-electron chi connectivity index (χ3n) is 4.14. The maximum absolute atomic E-state index is 11.9. The van der Waals surface area contributed by atoms with Crippen LogP contribution in [0.1, 0.15) is 33.1 Å². The lowest BCUT2D eigenvalue weighted by molar-refractivity contribution is 0.281. The van der Waals surface area contributed by atoms with Crippen molar-refractivity contribution in [2.24, 2.45) is 11.8 Å². The van der Waals surface area contributed by atoms with Gasteiger partial charge in [-0.15, -0.1) is 0 Å². The van der Waals surface area contributed by atoms with Gasteiger partial charge in [-0.2, -0.15) is 0 Å². The monoisotopic (exact) mass is 311 g/mol. The molecule has 4 N–H and O–H groups in total. The molecule has 0 saturated heterocycles. The second-order valence-electron chi connectivity index (χ2n) is 6.22. The van der Waals surface area contributed by atoms with Gasteiger partial charge in [-0.3, -0.25) is 0 Å². The van der Waals surface area contributed by atoms with Crippen LogP contribution in [0.5, 0.6) is 0 Å². The van der Waals surface area contributed by atoms with Crippen molar-refractivity contribution in [1.82, 2.24) is 4.72 Å². The third kappa shape index (κ3) is 3.89. The largest absolute Gasteiger partial charge is 0.397 e. The number of nitrogens with two attached hydrogens (primary N) is 1. The van der Waals surface area contributed by atoms with Gasteiger partial charge in [0.25, 0.3) is 0 Å². The summed E-state index contributed by atoms with van der Waals surface area (Å²) < 4.78 is 26.1. The number of nitrogens with one attached hydrogen (secondary N) is 2. The van der Waals surface area contributed by atoms with Crippen LogP contribution in [0.2, 0.25) is 0 Å². The van der Waals surface area contributed by atoms with Crippen LogP contribution in [0.4, 0.5) is 11.4 Å². The Kier molecular flexibility index (Phi) is 4.78. The molecule has 1 fully saturated rings. The molecule has 118 valence electrons. The lowest BCUT2D eigenvalue weighted by Crippen LogP contribution is -2.30. The first kappa shape index (κ1) is 16.1. The Morgan fingerprint density at radius 2 is 1.76 bits per heavy atom. The summed E-state index contributed by atoms with van der Waals surface area (Å²) >= 11 is 0. The highest BCUT2D eigenvalue weighted by atomic mass is 32.2. The Morgan fingerprint density at radius 1 is 1.14 bits per heavy atom. The van der Waals surface area contributed by atoms with E-state index in [1.807, 2.05) is 0 Å². The number of nitrogen functional groups attached to an aromatic ring is 1. The Morgan fingerprint density at radius 3 is 2.33 bits per heavy atom. The smallest absolute Gasteiger partial charge is 0.240 e. The highest BCUT2D eigenvalue weighted by Gasteiger charge is 2.24. The summed E-state index contributed by atoms with van der Waals surface area (Å²) in [6, 6.07) is 5.13. The molecule has 0 bridgehead atoms. The second kappa shape index (κ2) is 6.23. The van der Waals surface area contributed by atoms with Crippen LogP contribution in [-0.2, 0) is 10.0 Å². The van der Waals surface area contributed by atoms with Gasteiger partial charge < -0.3 is 11.1 Å². The van der Waals surface area contributed by atoms with Crippen LogP contribution in [0.25, 0.3) is 0 Å². The molecule has 0 amide bonds. The molecule has 6 heteroatoms. The van der Waals surface area contributed by atoms with E-state index in [4.69, 9.17) is 5.73 Å². The molecular weight excluding hydrogens is 286 g/mol. The van der Waals surface area contributed by atoms with E-state index >= 15 is 0 Å². The van der Waals surface area contributed by atoms with Crippen molar-refractivity contribution < 1.29 is 8.42 Å². The topological polar surface area (TPSA) is 84.2 Å². The van der Waals surface area contributed by atoms with Crippen molar-refractivity contribution >= 4 is 21.4 Å². The Labute approximate surface area is 127 Å². The van der Waals surface area contributed by atoms with E-state index in [2.05, 4.69) is 23.9 Å². The van der Waals surface area contributed by atoms with E-state index in [9.17, 15) is 8.42 Å². The van der Waals surface area contributed by atoms with Crippen LogP contribution in [0, 0.1) is 11.8 Å². The predicted octanol–water partition coefficient (Wildman–Crippen LogP) is 2.41. The van der Waals surface area contributed by atoms with E-state index in [1.54, 1.807) is 12.1 Å². The van der Waals surface area contributed by atoms with Crippen molar-refractivity contribution in [3.63, 3.8) is 0 Å². The average Bonchev–Trinajstić information content (AvgIpc) is 2.40. The van der Waals surface area contributed by atoms with E-state index < -0.39 is 10.0 Å². The van der Waals surface area contributed by atoms with Gasteiger partial charge in [-0.05, 0) is 56.3 Å². The molecule has 2 unspecified atom stereocenters. The van der Waals surface area contributed by atoms with Crippen LogP contribution in [-0.4, -0.2) is 21.5 Å². The quantitative estimate of drug-likeness (QED) is 0.746. The van der Waals surface area contributed by atoms with Gasteiger partial charge in [-0.25, -0.2) is 13.1 Å². The molecule has 21 heavy (non-hydrogen) atoms. The molecule has 0 radical (unpaired) electrons. The number of sulfonamides is 1. The highest BCUT2D eigenvalue weighted by molar-refractivity contribution is 7.89. The van der Waals surface area contributed by atoms with Crippen molar-refractivity contribution in [2.45, 2.75) is 44.0 Å². The molecule has 0 aromatic heterocycles. The fourth-order valence-corrected chi connectivity index (χ4v) is 3.99. The van der Waals surface area contributed by atoms with Crippen LogP contribution in [0.15, 0.2) is 23.1 Å². The summed E-state index contributed by atoms with van der Waals surface area (Å²) in [5.41, 5.74) is 7.27. The molecule has 5 nitrogen and oxygen atoms in total. The Hall–Kier alpha value is -1.27. The summed E-state index contributed by atoms with van der Waals surface area (Å²) in [7, 11) is -2.04. The first-order chi connectivity index (χ1) is 9.81. The summed E-state index contributed by atoms with van der Waals surface area (Å²) in [5.74, 6) is 1.35. The first-order valence-corrected chi connectivity index (χ1v) is 8.89. The molecule has 0 spiro atoms. The number of hydrogen-bond donors (Lipinski definition) is 3. The molecule has 1 saturated carbocycles. The zero-order chi connectivity index (χ0) is 15.6. The number of rotatable bonds is 4. The molecular formula is C15H25N3O2S. The molecule has 1 aromatic rings. The van der Waals surface area contributed by atoms with Gasteiger partial charge in [0.15, 0.2) is 0 Å². The number of benzene rings is 1. The van der Waals surface area contributed by atoms with Crippen LogP contribution in [0.3, 0.4) is 0 Å². The lowest BCUT2D eigenvalue weighted by Gasteiger charge is -2.33. The number of hydrogen-bond acceptors (Lipinski definition) is 4. The molecule has 2 atom stereocenters. The van der Waals surface area contributed by atoms with E-state index in [0.717, 1.165) is 12.8 Å². The fraction of sp³-hybridized carbons (Fsp3) is 0.600. The van der Waals surface area contributed by atoms with Crippen LogP contribution >= 0.6 is 0 Å². The van der Waals surface area contributed by atoms with Crippen molar-refractivity contribution in [3.8, 4) is 0 Å². The van der Waals surface area contributed by atoms with E-state index in [0.29, 0.717) is 29.3 Å². The van der Waals surface area contributed by atoms with Crippen molar-refractivity contribution in [3.05, 3.63) is 18.2 Å². The molecule has 1 aromatic carbocycles. The van der Waals surface area contributed by atoms with Gasteiger partial charge in [-0.1, -0.05) is 13.8 Å². The van der Waals surface area contributed by atoms with Gasteiger partial charge in [0.1, 0.15) is 0 Å². The predicted molar refractivity (Wildman–Crippen MR) is 86.7 cm³/mol. The lowest BCUT2D eigenvalue weighted by atomic mass is 9.80. The fourth-order valence-electron chi connectivity index (χ4n) is 3.23. The molecule has 1 aliphatic rings. The van der Waals surface area contributed by atoms with E-state index in [1.165, 1.54) is 19.5 Å². The zero-order valence-corrected chi connectivity index (χ0v) is 13.7. The summed E-state index contributed by atoms with van der Waals surface area (Å²) in [5, 5.41) is 3.43. The van der Waals surface area contributed by atoms with Gasteiger partial charge in [0.2, 0.25) is 10.0 Å². The maximum Gasteiger partial charge on any atom is 0.240 e. The van der Waals surface area contributed by atoms with Gasteiger partial charge in [0.05, 0.1) is 16.3 Å². The minimum atomic E-state index is -3.45. The maximum atomic E-state index is 11.9. The van der Waals surface area contributed by atoms with Crippen molar-refractivity contribution in [2.75, 3.05) is 18.1 Å². The first-order valence-electron chi connectivity index (χ1n) is 7.41. The molecule has 0 heterocycles. The summed E-state index contributed by atoms with van der Waals surface area (Å²) in [4.78, 5) is 0.235. The Bertz CT molecular complexity index is 591. The average molecular weight is 311 g/mol. The SMILES string of the molecule is CNS(=O)(=O)c1ccc(N)c(NC2CC(C)CC(C)C2)c1. The normalized spacial score (nSPS) is 26.5. The zero-order valence-electron chi connectivity index (χ0n) is 12.9. The standard InChI is InChI=1S/C15H25N3O2S/c1-10-6-11(2)8-12(7-10)18-15-9-13(4-5-14(15)16)21(19,20)17-3/h4-5,9-12,17-18H,6-8,16H2,1-3H3. The molecule has 2 rings (SSSR count). The van der Waals surface area contributed by atoms with Gasteiger partial charge >= 0.3 is 0 Å². The van der Waals surface area contributed by atoms with E-state index in [-0.39, 0.29) is 4.90 Å². The van der Waals surface area contributed by atoms with Crippen LogP contribution < -0.4 is 15.8 Å². The third-order valence-corrected chi connectivity index (χ3v) is 5.55.